The number of halogens is 2. The lowest BCUT2D eigenvalue weighted by atomic mass is 10.2. The van der Waals surface area contributed by atoms with Gasteiger partial charge in [0.1, 0.15) is 18.2 Å². The van der Waals surface area contributed by atoms with Gasteiger partial charge >= 0.3 is 5.97 Å². The third-order valence-electron chi connectivity index (χ3n) is 2.13. The lowest BCUT2D eigenvalue weighted by Crippen LogP contribution is -2.03. The second-order valence-electron chi connectivity index (χ2n) is 3.27. The third kappa shape index (κ3) is 4.19. The average molecular weight is 303 g/mol. The molecule has 92 valence electrons. The van der Waals surface area contributed by atoms with Crippen LogP contribution in [-0.4, -0.2) is 17.7 Å². The minimum atomic E-state index is -0.948. The van der Waals surface area contributed by atoms with E-state index in [-0.39, 0.29) is 12.4 Å². The molecule has 1 aromatic carbocycles. The van der Waals surface area contributed by atoms with Crippen LogP contribution in [0.5, 0.6) is 5.75 Å². The number of hydrogen-bond acceptors (Lipinski definition) is 2. The lowest BCUT2D eigenvalue weighted by Gasteiger charge is -2.05. The van der Waals surface area contributed by atoms with E-state index in [9.17, 15) is 9.18 Å². The van der Waals surface area contributed by atoms with Crippen LogP contribution in [0, 0.1) is 5.82 Å². The quantitative estimate of drug-likeness (QED) is 0.848. The maximum absolute atomic E-state index is 12.9. The van der Waals surface area contributed by atoms with Gasteiger partial charge in [0.15, 0.2) is 0 Å². The molecule has 1 aromatic rings. The predicted octanol–water partition coefficient (Wildman–Crippen LogP) is 3.39. The van der Waals surface area contributed by atoms with Gasteiger partial charge in [0.05, 0.1) is 4.47 Å². The molecule has 17 heavy (non-hydrogen) atoms. The highest BCUT2D eigenvalue weighted by Crippen LogP contribution is 2.21. The van der Waals surface area contributed by atoms with Crippen molar-refractivity contribution in [3.05, 3.63) is 40.1 Å². The van der Waals surface area contributed by atoms with E-state index in [1.165, 1.54) is 24.3 Å². The average Bonchev–Trinajstić information content (AvgIpc) is 2.28. The van der Waals surface area contributed by atoms with Gasteiger partial charge < -0.3 is 9.84 Å². The summed E-state index contributed by atoms with van der Waals surface area (Å²) < 4.78 is 18.5. The first kappa shape index (κ1) is 13.7. The molecule has 0 bridgehead atoms. The van der Waals surface area contributed by atoms with Crippen LogP contribution in [0.1, 0.15) is 13.3 Å². The van der Waals surface area contributed by atoms with Gasteiger partial charge in [0.25, 0.3) is 0 Å². The molecular formula is C12H12BrFO3. The summed E-state index contributed by atoms with van der Waals surface area (Å²) in [6, 6.07) is 4.26. The molecule has 3 nitrogen and oxygen atoms in total. The number of rotatable bonds is 5. The molecule has 0 spiro atoms. The minimum Gasteiger partial charge on any atom is -0.489 e. The molecule has 0 aromatic heterocycles. The molecule has 0 radical (unpaired) electrons. The van der Waals surface area contributed by atoms with E-state index in [0.717, 1.165) is 0 Å². The molecule has 1 rings (SSSR count). The van der Waals surface area contributed by atoms with Gasteiger partial charge in [-0.2, -0.15) is 0 Å². The van der Waals surface area contributed by atoms with Gasteiger partial charge in [-0.3, -0.25) is 0 Å². The van der Waals surface area contributed by atoms with Crippen molar-refractivity contribution in [3.63, 3.8) is 0 Å². The Hall–Kier alpha value is -1.36. The van der Waals surface area contributed by atoms with Crippen molar-refractivity contribution in [2.24, 2.45) is 0 Å². The van der Waals surface area contributed by atoms with E-state index in [1.54, 1.807) is 6.92 Å². The maximum atomic E-state index is 12.9. The van der Waals surface area contributed by atoms with Gasteiger partial charge in [-0.05, 0) is 46.6 Å². The van der Waals surface area contributed by atoms with Crippen LogP contribution < -0.4 is 4.74 Å². The van der Waals surface area contributed by atoms with Crippen molar-refractivity contribution >= 4 is 21.9 Å². The molecule has 0 aliphatic heterocycles. The molecule has 0 saturated carbocycles. The van der Waals surface area contributed by atoms with Crippen molar-refractivity contribution in [1.29, 1.82) is 0 Å². The van der Waals surface area contributed by atoms with Crippen LogP contribution in [0.3, 0.4) is 0 Å². The van der Waals surface area contributed by atoms with Crippen LogP contribution in [0.4, 0.5) is 4.39 Å². The summed E-state index contributed by atoms with van der Waals surface area (Å²) in [6.07, 6.45) is 1.94. The van der Waals surface area contributed by atoms with E-state index in [0.29, 0.717) is 22.2 Å². The standard InChI is InChI=1S/C12H12BrFO3/c1-2-8(12(15)16)5-6-17-9-3-4-11(14)10(13)7-9/h3-5,7H,2,6H2,1H3,(H,15,16)/b8-5-. The van der Waals surface area contributed by atoms with Gasteiger partial charge in [-0.25, -0.2) is 9.18 Å². The zero-order valence-electron chi connectivity index (χ0n) is 9.24. The van der Waals surface area contributed by atoms with Crippen molar-refractivity contribution in [2.45, 2.75) is 13.3 Å². The Balaban J connectivity index is 2.61. The van der Waals surface area contributed by atoms with E-state index in [2.05, 4.69) is 15.9 Å². The highest BCUT2D eigenvalue weighted by molar-refractivity contribution is 9.10. The van der Waals surface area contributed by atoms with Crippen molar-refractivity contribution in [3.8, 4) is 5.75 Å². The molecule has 0 fully saturated rings. The molecule has 0 saturated heterocycles. The monoisotopic (exact) mass is 302 g/mol. The van der Waals surface area contributed by atoms with Crippen molar-refractivity contribution in [2.75, 3.05) is 6.61 Å². The molecule has 0 aliphatic rings. The fourth-order valence-corrected chi connectivity index (χ4v) is 1.55. The fourth-order valence-electron chi connectivity index (χ4n) is 1.19. The fraction of sp³-hybridized carbons (Fsp3) is 0.250. The summed E-state index contributed by atoms with van der Waals surface area (Å²) in [5, 5.41) is 8.77. The molecule has 0 heterocycles. The number of aliphatic carboxylic acids is 1. The van der Waals surface area contributed by atoms with Crippen molar-refractivity contribution in [1.82, 2.24) is 0 Å². The first-order chi connectivity index (χ1) is 8.04. The zero-order chi connectivity index (χ0) is 12.8. The van der Waals surface area contributed by atoms with Crippen LogP contribution in [0.2, 0.25) is 0 Å². The Morgan fingerprint density at radius 3 is 2.82 bits per heavy atom. The number of carboxylic acid groups (broad SMARTS) is 1. The summed E-state index contributed by atoms with van der Waals surface area (Å²) in [4.78, 5) is 10.7. The van der Waals surface area contributed by atoms with Crippen LogP contribution in [-0.2, 0) is 4.79 Å². The van der Waals surface area contributed by atoms with E-state index in [1.807, 2.05) is 0 Å². The Labute approximate surface area is 107 Å². The zero-order valence-corrected chi connectivity index (χ0v) is 10.8. The molecule has 0 aliphatic carbocycles. The molecule has 0 amide bonds. The highest BCUT2D eigenvalue weighted by Gasteiger charge is 2.04. The van der Waals surface area contributed by atoms with Gasteiger partial charge in [-0.15, -0.1) is 0 Å². The normalized spacial score (nSPS) is 11.4. The Kier molecular flexibility index (Phi) is 5.15. The smallest absolute Gasteiger partial charge is 0.331 e. The Bertz CT molecular complexity index is 443. The molecule has 5 heteroatoms. The molecule has 0 unspecified atom stereocenters. The van der Waals surface area contributed by atoms with Crippen LogP contribution in [0.15, 0.2) is 34.3 Å². The summed E-state index contributed by atoms with van der Waals surface area (Å²) >= 11 is 3.04. The largest absolute Gasteiger partial charge is 0.489 e. The number of hydrogen-bond donors (Lipinski definition) is 1. The molecule has 0 atom stereocenters. The number of ether oxygens (including phenoxy) is 1. The summed E-state index contributed by atoms with van der Waals surface area (Å²) in [7, 11) is 0. The Morgan fingerprint density at radius 1 is 1.59 bits per heavy atom. The maximum Gasteiger partial charge on any atom is 0.331 e. The van der Waals surface area contributed by atoms with E-state index >= 15 is 0 Å². The van der Waals surface area contributed by atoms with Crippen LogP contribution in [0.25, 0.3) is 0 Å². The molecule has 1 N–H and O–H groups in total. The topological polar surface area (TPSA) is 46.5 Å². The Morgan fingerprint density at radius 2 is 2.29 bits per heavy atom. The molecular weight excluding hydrogens is 291 g/mol. The van der Waals surface area contributed by atoms with Crippen LogP contribution >= 0.6 is 15.9 Å². The summed E-state index contributed by atoms with van der Waals surface area (Å²) in [5.74, 6) is -0.834. The van der Waals surface area contributed by atoms with E-state index in [4.69, 9.17) is 9.84 Å². The van der Waals surface area contributed by atoms with Crippen molar-refractivity contribution < 1.29 is 19.0 Å². The number of carboxylic acids is 1. The highest BCUT2D eigenvalue weighted by atomic mass is 79.9. The van der Waals surface area contributed by atoms with Gasteiger partial charge in [0, 0.05) is 5.57 Å². The first-order valence-electron chi connectivity index (χ1n) is 5.04. The van der Waals surface area contributed by atoms with E-state index < -0.39 is 5.97 Å². The van der Waals surface area contributed by atoms with Gasteiger partial charge in [-0.1, -0.05) is 6.92 Å². The summed E-state index contributed by atoms with van der Waals surface area (Å²) in [5.41, 5.74) is 0.297. The predicted molar refractivity (Wildman–Crippen MR) is 65.6 cm³/mol. The second-order valence-corrected chi connectivity index (χ2v) is 4.13. The summed E-state index contributed by atoms with van der Waals surface area (Å²) in [6.45, 7) is 1.90. The third-order valence-corrected chi connectivity index (χ3v) is 2.73. The number of carbonyl (C=O) groups is 1. The van der Waals surface area contributed by atoms with Gasteiger partial charge in [0.2, 0.25) is 0 Å². The minimum absolute atomic E-state index is 0.146. The number of benzene rings is 1. The second kappa shape index (κ2) is 6.39. The first-order valence-corrected chi connectivity index (χ1v) is 5.84. The lowest BCUT2D eigenvalue weighted by molar-refractivity contribution is -0.132. The SMILES string of the molecule is CC/C(=C/COc1ccc(F)c(Br)c1)C(=O)O.